The van der Waals surface area contributed by atoms with Gasteiger partial charge in [0.15, 0.2) is 5.78 Å². The Labute approximate surface area is 137 Å². The predicted molar refractivity (Wildman–Crippen MR) is 93.9 cm³/mol. The second-order valence-corrected chi connectivity index (χ2v) is 6.34. The van der Waals surface area contributed by atoms with Crippen LogP contribution in [0.15, 0.2) is 40.9 Å². The maximum absolute atomic E-state index is 12.4. The molecular formula is C18H26BrNO. The highest BCUT2D eigenvalue weighted by atomic mass is 79.9. The summed E-state index contributed by atoms with van der Waals surface area (Å²) in [5, 5.41) is 0. The summed E-state index contributed by atoms with van der Waals surface area (Å²) in [5.74, 6) is 0.0560. The fourth-order valence-electron chi connectivity index (χ4n) is 2.18. The van der Waals surface area contributed by atoms with Gasteiger partial charge in [0.25, 0.3) is 0 Å². The number of halogens is 1. The Balaban J connectivity index is 2.62. The Kier molecular flexibility index (Phi) is 8.55. The lowest BCUT2D eigenvalue weighted by molar-refractivity contribution is 0.102. The van der Waals surface area contributed by atoms with Crippen molar-refractivity contribution in [1.82, 2.24) is 4.90 Å². The van der Waals surface area contributed by atoms with Gasteiger partial charge in [-0.2, -0.15) is 0 Å². The van der Waals surface area contributed by atoms with Crippen molar-refractivity contribution in [2.45, 2.75) is 39.5 Å². The van der Waals surface area contributed by atoms with E-state index in [1.165, 1.54) is 25.7 Å². The summed E-state index contributed by atoms with van der Waals surface area (Å²) in [7, 11) is 0. The predicted octanol–water partition coefficient (Wildman–Crippen LogP) is 5.09. The molecule has 0 aliphatic heterocycles. The van der Waals surface area contributed by atoms with E-state index in [9.17, 15) is 4.79 Å². The lowest BCUT2D eigenvalue weighted by Gasteiger charge is -2.22. The largest absolute Gasteiger partial charge is 0.299 e. The number of unbranched alkanes of at least 4 members (excludes halogenated alkanes) is 2. The van der Waals surface area contributed by atoms with Crippen molar-refractivity contribution in [3.8, 4) is 0 Å². The SMILES string of the molecule is C=C(CN(CCCC)CCCC)C(=O)c1ccc(Br)cc1. The summed E-state index contributed by atoms with van der Waals surface area (Å²) < 4.78 is 0.984. The van der Waals surface area contributed by atoms with Crippen molar-refractivity contribution in [2.75, 3.05) is 19.6 Å². The molecule has 0 saturated heterocycles. The van der Waals surface area contributed by atoms with E-state index in [0.717, 1.165) is 17.6 Å². The molecule has 3 heteroatoms. The third kappa shape index (κ3) is 6.58. The van der Waals surface area contributed by atoms with Gasteiger partial charge in [0, 0.05) is 22.2 Å². The van der Waals surface area contributed by atoms with Crippen molar-refractivity contribution in [2.24, 2.45) is 0 Å². The average molecular weight is 352 g/mol. The summed E-state index contributed by atoms with van der Waals surface area (Å²) in [6, 6.07) is 7.49. The number of hydrogen-bond acceptors (Lipinski definition) is 2. The van der Waals surface area contributed by atoms with E-state index in [0.29, 0.717) is 17.7 Å². The van der Waals surface area contributed by atoms with Crippen LogP contribution in [0.2, 0.25) is 0 Å². The van der Waals surface area contributed by atoms with Gasteiger partial charge < -0.3 is 0 Å². The van der Waals surface area contributed by atoms with Gasteiger partial charge in [-0.05, 0) is 50.2 Å². The standard InChI is InChI=1S/C18H26BrNO/c1-4-6-12-20(13-7-5-2)14-15(3)18(21)16-8-10-17(19)11-9-16/h8-11H,3-7,12-14H2,1-2H3. The van der Waals surface area contributed by atoms with Gasteiger partial charge in [0.1, 0.15) is 0 Å². The van der Waals surface area contributed by atoms with Crippen LogP contribution in [0.3, 0.4) is 0 Å². The van der Waals surface area contributed by atoms with Crippen LogP contribution in [0, 0.1) is 0 Å². The molecule has 0 amide bonds. The number of hydrogen-bond donors (Lipinski definition) is 0. The first kappa shape index (κ1) is 18.1. The van der Waals surface area contributed by atoms with E-state index in [1.54, 1.807) is 0 Å². The molecule has 0 aromatic heterocycles. The minimum Gasteiger partial charge on any atom is -0.299 e. The summed E-state index contributed by atoms with van der Waals surface area (Å²) in [4.78, 5) is 14.8. The molecule has 0 bridgehead atoms. The topological polar surface area (TPSA) is 20.3 Å². The lowest BCUT2D eigenvalue weighted by atomic mass is 10.0. The Morgan fingerprint density at radius 1 is 1.10 bits per heavy atom. The van der Waals surface area contributed by atoms with Gasteiger partial charge >= 0.3 is 0 Å². The molecule has 0 spiro atoms. The van der Waals surface area contributed by atoms with Crippen LogP contribution >= 0.6 is 15.9 Å². The highest BCUT2D eigenvalue weighted by Crippen LogP contribution is 2.14. The molecule has 0 aliphatic carbocycles. The van der Waals surface area contributed by atoms with Crippen molar-refractivity contribution in [3.63, 3.8) is 0 Å². The average Bonchev–Trinajstić information content (AvgIpc) is 2.49. The zero-order valence-electron chi connectivity index (χ0n) is 13.2. The molecule has 0 saturated carbocycles. The highest BCUT2D eigenvalue weighted by molar-refractivity contribution is 9.10. The Morgan fingerprint density at radius 2 is 1.62 bits per heavy atom. The van der Waals surface area contributed by atoms with Crippen LogP contribution in [0.1, 0.15) is 49.9 Å². The van der Waals surface area contributed by atoms with Crippen LogP contribution in [-0.4, -0.2) is 30.3 Å². The summed E-state index contributed by atoms with van der Waals surface area (Å²) in [5.41, 5.74) is 1.40. The van der Waals surface area contributed by atoms with Gasteiger partial charge in [-0.25, -0.2) is 0 Å². The maximum Gasteiger partial charge on any atom is 0.189 e. The van der Waals surface area contributed by atoms with Crippen LogP contribution in [-0.2, 0) is 0 Å². The molecule has 0 unspecified atom stereocenters. The van der Waals surface area contributed by atoms with Crippen molar-refractivity contribution in [1.29, 1.82) is 0 Å². The first-order valence-electron chi connectivity index (χ1n) is 7.78. The van der Waals surface area contributed by atoms with Gasteiger partial charge in [0.2, 0.25) is 0 Å². The summed E-state index contributed by atoms with van der Waals surface area (Å²) >= 11 is 3.39. The zero-order chi connectivity index (χ0) is 15.7. The second-order valence-electron chi connectivity index (χ2n) is 5.42. The van der Waals surface area contributed by atoms with Crippen LogP contribution in [0.4, 0.5) is 0 Å². The minimum atomic E-state index is 0.0560. The van der Waals surface area contributed by atoms with Crippen LogP contribution in [0.5, 0.6) is 0 Å². The molecule has 0 N–H and O–H groups in total. The van der Waals surface area contributed by atoms with Crippen molar-refractivity contribution < 1.29 is 4.79 Å². The molecule has 0 aliphatic rings. The first-order chi connectivity index (χ1) is 10.1. The third-order valence-electron chi connectivity index (χ3n) is 3.50. The van der Waals surface area contributed by atoms with E-state index >= 15 is 0 Å². The third-order valence-corrected chi connectivity index (χ3v) is 4.03. The fourth-order valence-corrected chi connectivity index (χ4v) is 2.44. The van der Waals surface area contributed by atoms with Crippen LogP contribution < -0.4 is 0 Å². The van der Waals surface area contributed by atoms with E-state index in [-0.39, 0.29) is 5.78 Å². The molecule has 0 fully saturated rings. The zero-order valence-corrected chi connectivity index (χ0v) is 14.8. The number of rotatable bonds is 10. The number of benzene rings is 1. The van der Waals surface area contributed by atoms with Gasteiger partial charge in [0.05, 0.1) is 0 Å². The number of nitrogens with zero attached hydrogens (tertiary/aromatic N) is 1. The number of carbonyl (C=O) groups is 1. The van der Waals surface area contributed by atoms with E-state index in [2.05, 4.69) is 41.3 Å². The van der Waals surface area contributed by atoms with E-state index in [4.69, 9.17) is 0 Å². The van der Waals surface area contributed by atoms with Crippen molar-refractivity contribution >= 4 is 21.7 Å². The molecule has 2 nitrogen and oxygen atoms in total. The molecule has 1 aromatic rings. The molecule has 0 atom stereocenters. The van der Waals surface area contributed by atoms with E-state index in [1.807, 2.05) is 24.3 Å². The second kappa shape index (κ2) is 9.91. The van der Waals surface area contributed by atoms with Crippen LogP contribution in [0.25, 0.3) is 0 Å². The van der Waals surface area contributed by atoms with Gasteiger partial charge in [-0.1, -0.05) is 49.2 Å². The molecule has 0 radical (unpaired) electrons. The Hall–Kier alpha value is -0.930. The maximum atomic E-state index is 12.4. The number of ketones is 1. The highest BCUT2D eigenvalue weighted by Gasteiger charge is 2.13. The molecule has 116 valence electrons. The Morgan fingerprint density at radius 3 is 2.10 bits per heavy atom. The van der Waals surface area contributed by atoms with Crippen molar-refractivity contribution in [3.05, 3.63) is 46.5 Å². The normalized spacial score (nSPS) is 10.9. The van der Waals surface area contributed by atoms with E-state index < -0.39 is 0 Å². The fraction of sp³-hybridized carbons (Fsp3) is 0.500. The quantitative estimate of drug-likeness (QED) is 0.432. The molecule has 1 rings (SSSR count). The lowest BCUT2D eigenvalue weighted by Crippen LogP contribution is -2.30. The summed E-state index contributed by atoms with van der Waals surface area (Å²) in [6.07, 6.45) is 4.69. The monoisotopic (exact) mass is 351 g/mol. The molecule has 0 heterocycles. The first-order valence-corrected chi connectivity index (χ1v) is 8.58. The smallest absolute Gasteiger partial charge is 0.189 e. The summed E-state index contributed by atoms with van der Waals surface area (Å²) in [6.45, 7) is 11.2. The molecular weight excluding hydrogens is 326 g/mol. The Bertz CT molecular complexity index is 445. The number of Topliss-reactive ketones (excluding diaryl/α,β-unsaturated/α-hetero) is 1. The van der Waals surface area contributed by atoms with Gasteiger partial charge in [-0.3, -0.25) is 9.69 Å². The molecule has 1 aromatic carbocycles. The van der Waals surface area contributed by atoms with Gasteiger partial charge in [-0.15, -0.1) is 0 Å². The minimum absolute atomic E-state index is 0.0560. The molecule has 21 heavy (non-hydrogen) atoms. The number of carbonyl (C=O) groups excluding carboxylic acids is 1.